The zero-order valence-electron chi connectivity index (χ0n) is 15.5. The summed E-state index contributed by atoms with van der Waals surface area (Å²) in [6, 6.07) is 13.3. The predicted octanol–water partition coefficient (Wildman–Crippen LogP) is 3.67. The Morgan fingerprint density at radius 1 is 1.26 bits per heavy atom. The lowest BCUT2D eigenvalue weighted by molar-refractivity contribution is 0.0146. The van der Waals surface area contributed by atoms with Gasteiger partial charge in [-0.1, -0.05) is 19.1 Å². The maximum absolute atomic E-state index is 14.3. The van der Waals surface area contributed by atoms with Crippen LogP contribution in [0.4, 0.5) is 10.1 Å². The van der Waals surface area contributed by atoms with Gasteiger partial charge in [0.1, 0.15) is 11.9 Å². The van der Waals surface area contributed by atoms with Gasteiger partial charge < -0.3 is 15.0 Å². The molecule has 0 unspecified atom stereocenters. The van der Waals surface area contributed by atoms with Crippen molar-refractivity contribution < 1.29 is 9.13 Å². The summed E-state index contributed by atoms with van der Waals surface area (Å²) in [5.74, 6) is -0.229. The first-order chi connectivity index (χ1) is 13.2. The molecule has 2 atom stereocenters. The van der Waals surface area contributed by atoms with E-state index >= 15 is 0 Å². The molecule has 2 aromatic rings. The molecule has 0 aliphatic carbocycles. The summed E-state index contributed by atoms with van der Waals surface area (Å²) in [5, 5.41) is 12.4. The number of morpholine rings is 1. The van der Waals surface area contributed by atoms with Gasteiger partial charge in [-0.05, 0) is 41.8 Å². The molecule has 2 fully saturated rings. The fourth-order valence-corrected chi connectivity index (χ4v) is 3.80. The van der Waals surface area contributed by atoms with E-state index in [9.17, 15) is 4.39 Å². The van der Waals surface area contributed by atoms with E-state index in [2.05, 4.69) is 35.3 Å². The summed E-state index contributed by atoms with van der Waals surface area (Å²) >= 11 is 0. The molecule has 4 nitrogen and oxygen atoms in total. The van der Waals surface area contributed by atoms with Crippen LogP contribution in [0.3, 0.4) is 0 Å². The molecule has 4 rings (SSSR count). The molecular weight excluding hydrogens is 341 g/mol. The van der Waals surface area contributed by atoms with Crippen LogP contribution in [-0.2, 0) is 4.74 Å². The molecule has 140 valence electrons. The van der Waals surface area contributed by atoms with Crippen molar-refractivity contribution >= 4 is 5.69 Å². The van der Waals surface area contributed by atoms with Crippen molar-refractivity contribution in [3.8, 4) is 17.2 Å². The normalized spacial score (nSPS) is 20.6. The summed E-state index contributed by atoms with van der Waals surface area (Å²) < 4.78 is 20.2. The predicted molar refractivity (Wildman–Crippen MR) is 104 cm³/mol. The first kappa shape index (κ1) is 18.0. The van der Waals surface area contributed by atoms with E-state index in [0.717, 1.165) is 49.6 Å². The van der Waals surface area contributed by atoms with Gasteiger partial charge in [0.05, 0.1) is 18.3 Å². The first-order valence-electron chi connectivity index (χ1n) is 9.58. The third-order valence-electron chi connectivity index (χ3n) is 5.66. The molecule has 5 heteroatoms. The maximum atomic E-state index is 14.3. The number of nitriles is 1. The molecule has 2 aliphatic rings. The molecule has 0 spiro atoms. The highest BCUT2D eigenvalue weighted by molar-refractivity contribution is 5.80. The molecule has 0 bridgehead atoms. The summed E-state index contributed by atoms with van der Waals surface area (Å²) in [4.78, 5) is 2.32. The third kappa shape index (κ3) is 3.55. The minimum atomic E-state index is -0.470. The van der Waals surface area contributed by atoms with Gasteiger partial charge in [0, 0.05) is 43.3 Å². The molecule has 2 aliphatic heterocycles. The van der Waals surface area contributed by atoms with Crippen molar-refractivity contribution in [2.45, 2.75) is 25.4 Å². The number of hydrogen-bond acceptors (Lipinski definition) is 4. The van der Waals surface area contributed by atoms with E-state index in [-0.39, 0.29) is 17.6 Å². The minimum absolute atomic E-state index is 0.0791. The SMILES string of the molecule is C[C@H](c1ccc(N2CCC2)c(-c2ccc(C#N)c(F)c2)c1)[C@@H]1CNCCO1. The molecule has 2 aromatic carbocycles. The van der Waals surface area contributed by atoms with Crippen LogP contribution in [-0.4, -0.2) is 38.9 Å². The molecular formula is C22H24FN3O. The molecule has 1 N–H and O–H groups in total. The van der Waals surface area contributed by atoms with Crippen LogP contribution in [0.5, 0.6) is 0 Å². The van der Waals surface area contributed by atoms with Crippen LogP contribution < -0.4 is 10.2 Å². The van der Waals surface area contributed by atoms with E-state index in [1.807, 2.05) is 12.1 Å². The maximum Gasteiger partial charge on any atom is 0.141 e. The van der Waals surface area contributed by atoms with Crippen molar-refractivity contribution in [1.29, 1.82) is 5.26 Å². The summed E-state index contributed by atoms with van der Waals surface area (Å²) in [6.45, 7) is 6.70. The Kier molecular flexibility index (Phi) is 5.11. The minimum Gasteiger partial charge on any atom is -0.375 e. The molecule has 27 heavy (non-hydrogen) atoms. The smallest absolute Gasteiger partial charge is 0.141 e. The van der Waals surface area contributed by atoms with Gasteiger partial charge in [-0.2, -0.15) is 5.26 Å². The second-order valence-electron chi connectivity index (χ2n) is 7.33. The van der Waals surface area contributed by atoms with Gasteiger partial charge in [-0.3, -0.25) is 0 Å². The largest absolute Gasteiger partial charge is 0.375 e. The van der Waals surface area contributed by atoms with E-state index in [1.54, 1.807) is 6.07 Å². The first-order valence-corrected chi connectivity index (χ1v) is 9.58. The van der Waals surface area contributed by atoms with Crippen molar-refractivity contribution in [3.63, 3.8) is 0 Å². The lowest BCUT2D eigenvalue weighted by Gasteiger charge is -2.36. The second-order valence-corrected chi connectivity index (χ2v) is 7.33. The topological polar surface area (TPSA) is 48.3 Å². The summed E-state index contributed by atoms with van der Waals surface area (Å²) in [7, 11) is 0. The van der Waals surface area contributed by atoms with Crippen LogP contribution in [0.2, 0.25) is 0 Å². The Morgan fingerprint density at radius 2 is 2.11 bits per heavy atom. The number of hydrogen-bond donors (Lipinski definition) is 1. The second kappa shape index (κ2) is 7.67. The van der Waals surface area contributed by atoms with Crippen molar-refractivity contribution in [2.24, 2.45) is 0 Å². The Balaban J connectivity index is 1.73. The quantitative estimate of drug-likeness (QED) is 0.898. The number of rotatable bonds is 4. The van der Waals surface area contributed by atoms with Gasteiger partial charge in [0.2, 0.25) is 0 Å². The Bertz CT molecular complexity index is 866. The highest BCUT2D eigenvalue weighted by Crippen LogP contribution is 2.37. The third-order valence-corrected chi connectivity index (χ3v) is 5.66. The Labute approximate surface area is 159 Å². The van der Waals surface area contributed by atoms with E-state index in [1.165, 1.54) is 18.1 Å². The molecule has 0 aromatic heterocycles. The fourth-order valence-electron chi connectivity index (χ4n) is 3.80. The summed E-state index contributed by atoms with van der Waals surface area (Å²) in [5.41, 5.74) is 4.23. The number of halogens is 1. The van der Waals surface area contributed by atoms with Gasteiger partial charge >= 0.3 is 0 Å². The van der Waals surface area contributed by atoms with Crippen molar-refractivity contribution in [2.75, 3.05) is 37.7 Å². The summed E-state index contributed by atoms with van der Waals surface area (Å²) in [6.07, 6.45) is 1.32. The number of anilines is 1. The molecule has 2 heterocycles. The average molecular weight is 365 g/mol. The van der Waals surface area contributed by atoms with Gasteiger partial charge in [0.25, 0.3) is 0 Å². The standard InChI is InChI=1S/C22H24FN3O/c1-15(22-14-25-7-10-27-22)16-5-6-21(26-8-2-9-26)19(11-16)17-3-4-18(13-24)20(23)12-17/h3-6,11-12,15,22,25H,2,7-10,14H2,1H3/t15-,22+/m1/s1. The highest BCUT2D eigenvalue weighted by atomic mass is 19.1. The average Bonchev–Trinajstić information content (AvgIpc) is 2.67. The van der Waals surface area contributed by atoms with Gasteiger partial charge in [-0.15, -0.1) is 0 Å². The van der Waals surface area contributed by atoms with E-state index < -0.39 is 5.82 Å². The molecule has 0 amide bonds. The molecule has 2 saturated heterocycles. The zero-order chi connectivity index (χ0) is 18.8. The van der Waals surface area contributed by atoms with Crippen LogP contribution >= 0.6 is 0 Å². The number of nitrogens with one attached hydrogen (secondary N) is 1. The Morgan fingerprint density at radius 3 is 2.74 bits per heavy atom. The van der Waals surface area contributed by atoms with Crippen LogP contribution in [0.25, 0.3) is 11.1 Å². The lowest BCUT2D eigenvalue weighted by atomic mass is 9.90. The van der Waals surface area contributed by atoms with Crippen molar-refractivity contribution in [3.05, 3.63) is 53.3 Å². The van der Waals surface area contributed by atoms with Crippen LogP contribution in [0.15, 0.2) is 36.4 Å². The Hall–Kier alpha value is -2.42. The molecule has 0 saturated carbocycles. The number of benzene rings is 2. The fraction of sp³-hybridized carbons (Fsp3) is 0.409. The van der Waals surface area contributed by atoms with E-state index in [0.29, 0.717) is 0 Å². The van der Waals surface area contributed by atoms with Gasteiger partial charge in [-0.25, -0.2) is 4.39 Å². The van der Waals surface area contributed by atoms with Gasteiger partial charge in [0.15, 0.2) is 0 Å². The van der Waals surface area contributed by atoms with Crippen molar-refractivity contribution in [1.82, 2.24) is 5.32 Å². The highest BCUT2D eigenvalue weighted by Gasteiger charge is 2.25. The monoisotopic (exact) mass is 365 g/mol. The van der Waals surface area contributed by atoms with Crippen LogP contribution in [0.1, 0.15) is 30.4 Å². The number of nitrogens with zero attached hydrogens (tertiary/aromatic N) is 2. The van der Waals surface area contributed by atoms with E-state index in [4.69, 9.17) is 10.00 Å². The van der Waals surface area contributed by atoms with Crippen LogP contribution in [0, 0.1) is 17.1 Å². The molecule has 0 radical (unpaired) electrons. The number of ether oxygens (including phenoxy) is 1. The lowest BCUT2D eigenvalue weighted by Crippen LogP contribution is -2.41. The zero-order valence-corrected chi connectivity index (χ0v) is 15.5.